The second-order valence-electron chi connectivity index (χ2n) is 7.87. The number of esters is 1. The average molecular weight is 495 g/mol. The molecule has 1 aliphatic heterocycles. The predicted molar refractivity (Wildman–Crippen MR) is 124 cm³/mol. The van der Waals surface area contributed by atoms with E-state index in [1.807, 2.05) is 0 Å². The molecule has 1 heterocycles. The summed E-state index contributed by atoms with van der Waals surface area (Å²) in [7, 11) is -0.567. The molecule has 2 aromatic carbocycles. The zero-order valence-electron chi connectivity index (χ0n) is 18.6. The molecule has 2 aromatic rings. The van der Waals surface area contributed by atoms with Crippen molar-refractivity contribution in [3.8, 4) is 5.75 Å². The fourth-order valence-corrected chi connectivity index (χ4v) is 4.49. The van der Waals surface area contributed by atoms with E-state index in [0.29, 0.717) is 35.8 Å². The van der Waals surface area contributed by atoms with Gasteiger partial charge in [0, 0.05) is 37.8 Å². The number of sulfonamides is 1. The molecule has 8 nitrogen and oxygen atoms in total. The molecule has 33 heavy (non-hydrogen) atoms. The number of piperidine rings is 1. The zero-order chi connectivity index (χ0) is 24.0. The van der Waals surface area contributed by atoms with Gasteiger partial charge in [0.2, 0.25) is 10.0 Å². The van der Waals surface area contributed by atoms with Crippen molar-refractivity contribution in [2.75, 3.05) is 40.4 Å². The molecule has 0 saturated carbocycles. The smallest absolute Gasteiger partial charge is 0.310 e. The fourth-order valence-electron chi connectivity index (χ4n) is 3.47. The van der Waals surface area contributed by atoms with Crippen LogP contribution >= 0.6 is 11.6 Å². The molecule has 178 valence electrons. The van der Waals surface area contributed by atoms with Crippen molar-refractivity contribution in [1.29, 1.82) is 0 Å². The van der Waals surface area contributed by atoms with Crippen LogP contribution in [0.1, 0.15) is 23.2 Å². The first-order valence-electron chi connectivity index (χ1n) is 10.6. The molecular formula is C23H27ClN2O6S. The maximum atomic E-state index is 12.7. The summed E-state index contributed by atoms with van der Waals surface area (Å²) in [5, 5.41) is 0.559. The summed E-state index contributed by atoms with van der Waals surface area (Å²) < 4.78 is 36.2. The Hall–Kier alpha value is -2.62. The molecule has 0 aliphatic carbocycles. The lowest BCUT2D eigenvalue weighted by molar-refractivity contribution is -0.150. The number of hydrogen-bond donors (Lipinski definition) is 0. The summed E-state index contributed by atoms with van der Waals surface area (Å²) in [4.78, 5) is 27.0. The average Bonchev–Trinajstić information content (AvgIpc) is 2.82. The van der Waals surface area contributed by atoms with Gasteiger partial charge in [0.15, 0.2) is 0 Å². The molecule has 1 saturated heterocycles. The number of hydrogen-bond acceptors (Lipinski definition) is 6. The van der Waals surface area contributed by atoms with Crippen LogP contribution in [0.25, 0.3) is 0 Å². The van der Waals surface area contributed by atoms with Crippen LogP contribution in [0.2, 0.25) is 5.02 Å². The molecule has 1 aliphatic rings. The second-order valence-corrected chi connectivity index (χ2v) is 10.5. The molecule has 10 heteroatoms. The number of nitrogens with zero attached hydrogens (tertiary/aromatic N) is 2. The number of amides is 1. The van der Waals surface area contributed by atoms with E-state index in [4.69, 9.17) is 21.1 Å². The minimum Gasteiger partial charge on any atom is -0.490 e. The minimum atomic E-state index is -3.50. The molecule has 1 atom stereocenters. The van der Waals surface area contributed by atoms with Gasteiger partial charge in [-0.3, -0.25) is 9.59 Å². The topological polar surface area (TPSA) is 93.2 Å². The molecule has 0 aromatic heterocycles. The maximum Gasteiger partial charge on any atom is 0.310 e. The summed E-state index contributed by atoms with van der Waals surface area (Å²) in [6.45, 7) is 1.08. The number of benzene rings is 2. The summed E-state index contributed by atoms with van der Waals surface area (Å²) in [6.07, 6.45) is 1.38. The van der Waals surface area contributed by atoms with Crippen LogP contribution in [0, 0.1) is 5.92 Å². The van der Waals surface area contributed by atoms with Crippen molar-refractivity contribution in [3.05, 3.63) is 59.1 Å². The fraction of sp³-hybridized carbons (Fsp3) is 0.391. The molecule has 0 bridgehead atoms. The van der Waals surface area contributed by atoms with Crippen molar-refractivity contribution in [1.82, 2.24) is 9.21 Å². The number of carbonyl (C=O) groups excluding carboxylic acids is 2. The Bertz CT molecular complexity index is 1070. The lowest BCUT2D eigenvalue weighted by atomic mass is 9.97. The molecule has 1 fully saturated rings. The molecule has 0 radical (unpaired) electrons. The van der Waals surface area contributed by atoms with Gasteiger partial charge in [-0.25, -0.2) is 12.7 Å². The molecule has 1 unspecified atom stereocenters. The summed E-state index contributed by atoms with van der Waals surface area (Å²) >= 11 is 5.88. The molecule has 0 spiro atoms. The highest BCUT2D eigenvalue weighted by atomic mass is 35.5. The maximum absolute atomic E-state index is 12.7. The molecule has 0 N–H and O–H groups in total. The Morgan fingerprint density at radius 1 is 1.06 bits per heavy atom. The van der Waals surface area contributed by atoms with Gasteiger partial charge in [0.05, 0.1) is 10.8 Å². The monoisotopic (exact) mass is 494 g/mol. The number of rotatable bonds is 8. The molecule has 1 amide bonds. The Morgan fingerprint density at radius 3 is 2.36 bits per heavy atom. The van der Waals surface area contributed by atoms with Gasteiger partial charge in [-0.05, 0) is 61.4 Å². The number of ether oxygens (including phenoxy) is 2. The van der Waals surface area contributed by atoms with E-state index in [-0.39, 0.29) is 35.9 Å². The van der Waals surface area contributed by atoms with Gasteiger partial charge >= 0.3 is 5.97 Å². The lowest BCUT2D eigenvalue weighted by Gasteiger charge is -2.31. The van der Waals surface area contributed by atoms with Gasteiger partial charge < -0.3 is 14.4 Å². The highest BCUT2D eigenvalue weighted by Gasteiger charge is 2.30. The Morgan fingerprint density at radius 2 is 1.73 bits per heavy atom. The van der Waals surface area contributed by atoms with Crippen molar-refractivity contribution >= 4 is 33.5 Å². The van der Waals surface area contributed by atoms with Crippen LogP contribution in [0.4, 0.5) is 0 Å². The number of halogens is 1. The van der Waals surface area contributed by atoms with E-state index >= 15 is 0 Å². The highest BCUT2D eigenvalue weighted by Crippen LogP contribution is 2.21. The quantitative estimate of drug-likeness (QED) is 0.413. The molecule has 3 rings (SSSR count). The summed E-state index contributed by atoms with van der Waals surface area (Å²) in [5.74, 6) is -0.404. The van der Waals surface area contributed by atoms with Crippen molar-refractivity contribution in [2.45, 2.75) is 17.7 Å². The van der Waals surface area contributed by atoms with Crippen LogP contribution in [0.3, 0.4) is 0 Å². The first-order chi connectivity index (χ1) is 15.7. The van der Waals surface area contributed by atoms with Gasteiger partial charge in [0.1, 0.15) is 19.0 Å². The SMILES string of the molecule is CN(C)S(=O)(=O)c1ccc(OCCOC(=O)C2CCCN(C(=O)c3ccc(Cl)cc3)C2)cc1. The zero-order valence-corrected chi connectivity index (χ0v) is 20.1. The number of carbonyl (C=O) groups is 2. The third kappa shape index (κ3) is 6.46. The lowest BCUT2D eigenvalue weighted by Crippen LogP contribution is -2.43. The van der Waals surface area contributed by atoms with Gasteiger partial charge in [0.25, 0.3) is 5.91 Å². The third-order valence-electron chi connectivity index (χ3n) is 5.33. The van der Waals surface area contributed by atoms with Crippen LogP contribution in [0.5, 0.6) is 5.75 Å². The first-order valence-corrected chi connectivity index (χ1v) is 12.4. The van der Waals surface area contributed by atoms with Crippen LogP contribution < -0.4 is 4.74 Å². The van der Waals surface area contributed by atoms with Gasteiger partial charge in [-0.1, -0.05) is 11.6 Å². The van der Waals surface area contributed by atoms with Crippen LogP contribution in [0.15, 0.2) is 53.4 Å². The Kier molecular flexibility index (Phi) is 8.34. The van der Waals surface area contributed by atoms with Crippen LogP contribution in [-0.2, 0) is 19.6 Å². The standard InChI is InChI=1S/C23H27ClN2O6S/c1-25(2)33(29,30)21-11-9-20(10-12-21)31-14-15-32-23(28)18-4-3-13-26(16-18)22(27)17-5-7-19(24)8-6-17/h5-12,18H,3-4,13-16H2,1-2H3. The van der Waals surface area contributed by atoms with E-state index in [2.05, 4.69) is 0 Å². The highest BCUT2D eigenvalue weighted by molar-refractivity contribution is 7.89. The van der Waals surface area contributed by atoms with Crippen molar-refractivity contribution in [3.63, 3.8) is 0 Å². The van der Waals surface area contributed by atoms with E-state index in [1.165, 1.54) is 26.2 Å². The molecular weight excluding hydrogens is 468 g/mol. The summed E-state index contributed by atoms with van der Waals surface area (Å²) in [5.41, 5.74) is 0.534. The number of likely N-dealkylation sites (tertiary alicyclic amines) is 1. The second kappa shape index (κ2) is 11.0. The Balaban J connectivity index is 1.45. The summed E-state index contributed by atoms with van der Waals surface area (Å²) in [6, 6.07) is 12.7. The van der Waals surface area contributed by atoms with Crippen LogP contribution in [-0.4, -0.2) is 69.9 Å². The van der Waals surface area contributed by atoms with Gasteiger partial charge in [-0.15, -0.1) is 0 Å². The van der Waals surface area contributed by atoms with E-state index in [9.17, 15) is 18.0 Å². The van der Waals surface area contributed by atoms with E-state index in [0.717, 1.165) is 10.7 Å². The Labute approximate surface area is 199 Å². The van der Waals surface area contributed by atoms with Crippen molar-refractivity contribution < 1.29 is 27.5 Å². The minimum absolute atomic E-state index is 0.0538. The predicted octanol–water partition coefficient (Wildman–Crippen LogP) is 3.06. The van der Waals surface area contributed by atoms with E-state index in [1.54, 1.807) is 41.3 Å². The van der Waals surface area contributed by atoms with E-state index < -0.39 is 10.0 Å². The van der Waals surface area contributed by atoms with Gasteiger partial charge in [-0.2, -0.15) is 0 Å². The third-order valence-corrected chi connectivity index (χ3v) is 7.41. The normalized spacial score (nSPS) is 16.5. The largest absolute Gasteiger partial charge is 0.490 e. The first kappa shape index (κ1) is 25.0. The van der Waals surface area contributed by atoms with Crippen molar-refractivity contribution in [2.24, 2.45) is 5.92 Å².